The first kappa shape index (κ1) is 17.8. The van der Waals surface area contributed by atoms with Gasteiger partial charge in [0.15, 0.2) is 11.3 Å². The minimum absolute atomic E-state index is 0.0370. The molecular formula is C15H20N4O5. The number of aliphatic hydroxyl groups is 1. The topological polar surface area (TPSA) is 122 Å². The fraction of sp³-hybridized carbons (Fsp3) is 0.467. The van der Waals surface area contributed by atoms with Crippen LogP contribution in [0.3, 0.4) is 0 Å². The number of nitrogens with zero attached hydrogens (tertiary/aromatic N) is 3. The van der Waals surface area contributed by atoms with E-state index in [-0.39, 0.29) is 23.5 Å². The van der Waals surface area contributed by atoms with Crippen LogP contribution in [0.4, 0.5) is 5.69 Å². The maximum Gasteiger partial charge on any atom is 0.274 e. The second-order valence-electron chi connectivity index (χ2n) is 5.32. The number of aromatic nitrogens is 1. The Bertz CT molecular complexity index is 726. The largest absolute Gasteiger partial charge is 0.390 e. The monoisotopic (exact) mass is 336 g/mol. The SMILES string of the molecule is CCN(CC)CC(O)CNC(=O)c1noc2cc([N+](=O)[O-])ccc12. The predicted molar refractivity (Wildman–Crippen MR) is 86.8 cm³/mol. The van der Waals surface area contributed by atoms with Crippen molar-refractivity contribution in [3.63, 3.8) is 0 Å². The molecule has 1 amide bonds. The molecule has 1 aromatic carbocycles. The molecule has 0 saturated carbocycles. The van der Waals surface area contributed by atoms with Crippen LogP contribution < -0.4 is 5.32 Å². The molecule has 9 heteroatoms. The molecule has 1 aromatic heterocycles. The van der Waals surface area contributed by atoms with Gasteiger partial charge in [0.05, 0.1) is 22.5 Å². The molecular weight excluding hydrogens is 316 g/mol. The summed E-state index contributed by atoms with van der Waals surface area (Å²) in [6.07, 6.45) is -0.701. The molecule has 1 heterocycles. The van der Waals surface area contributed by atoms with E-state index in [1.165, 1.54) is 18.2 Å². The minimum Gasteiger partial charge on any atom is -0.390 e. The van der Waals surface area contributed by atoms with Crippen molar-refractivity contribution >= 4 is 22.6 Å². The normalized spacial score (nSPS) is 12.5. The minimum atomic E-state index is -0.701. The number of nitrogens with one attached hydrogen (secondary N) is 1. The summed E-state index contributed by atoms with van der Waals surface area (Å²) in [7, 11) is 0. The third-order valence-corrected chi connectivity index (χ3v) is 3.74. The molecule has 130 valence electrons. The zero-order chi connectivity index (χ0) is 17.7. The average Bonchev–Trinajstić information content (AvgIpc) is 3.00. The Hall–Kier alpha value is -2.52. The maximum absolute atomic E-state index is 12.2. The fourth-order valence-electron chi connectivity index (χ4n) is 2.34. The summed E-state index contributed by atoms with van der Waals surface area (Å²) >= 11 is 0. The highest BCUT2D eigenvalue weighted by atomic mass is 16.6. The van der Waals surface area contributed by atoms with E-state index in [4.69, 9.17) is 4.52 Å². The van der Waals surface area contributed by atoms with E-state index in [0.29, 0.717) is 11.9 Å². The van der Waals surface area contributed by atoms with Gasteiger partial charge in [-0.15, -0.1) is 0 Å². The Balaban J connectivity index is 2.02. The van der Waals surface area contributed by atoms with Gasteiger partial charge in [0.25, 0.3) is 11.6 Å². The number of benzene rings is 1. The van der Waals surface area contributed by atoms with E-state index in [0.717, 1.165) is 13.1 Å². The number of amides is 1. The van der Waals surface area contributed by atoms with Crippen LogP contribution >= 0.6 is 0 Å². The highest BCUT2D eigenvalue weighted by Gasteiger charge is 2.19. The molecule has 0 bridgehead atoms. The number of nitro benzene ring substituents is 1. The van der Waals surface area contributed by atoms with Crippen molar-refractivity contribution < 1.29 is 19.3 Å². The van der Waals surface area contributed by atoms with Crippen LogP contribution in [0.25, 0.3) is 11.0 Å². The van der Waals surface area contributed by atoms with Gasteiger partial charge in [-0.25, -0.2) is 0 Å². The Morgan fingerprint density at radius 2 is 2.17 bits per heavy atom. The van der Waals surface area contributed by atoms with Crippen LogP contribution in [0.5, 0.6) is 0 Å². The maximum atomic E-state index is 12.2. The summed E-state index contributed by atoms with van der Waals surface area (Å²) in [5.41, 5.74) is 0.0632. The van der Waals surface area contributed by atoms with Crippen LogP contribution in [0.15, 0.2) is 22.7 Å². The van der Waals surface area contributed by atoms with E-state index in [1.807, 2.05) is 18.7 Å². The average molecular weight is 336 g/mol. The molecule has 2 rings (SSSR count). The number of nitro groups is 1. The second-order valence-corrected chi connectivity index (χ2v) is 5.32. The van der Waals surface area contributed by atoms with Crippen molar-refractivity contribution in [2.75, 3.05) is 26.2 Å². The Kier molecular flexibility index (Phi) is 5.83. The van der Waals surface area contributed by atoms with Gasteiger partial charge in [0, 0.05) is 19.2 Å². The van der Waals surface area contributed by atoms with Crippen LogP contribution in [0, 0.1) is 10.1 Å². The van der Waals surface area contributed by atoms with Crippen molar-refractivity contribution in [2.45, 2.75) is 20.0 Å². The third kappa shape index (κ3) is 4.06. The predicted octanol–water partition coefficient (Wildman–Crippen LogP) is 1.17. The smallest absolute Gasteiger partial charge is 0.274 e. The van der Waals surface area contributed by atoms with Crippen LogP contribution in [0.2, 0.25) is 0 Å². The molecule has 1 atom stereocenters. The number of carbonyl (C=O) groups excluding carboxylic acids is 1. The third-order valence-electron chi connectivity index (χ3n) is 3.74. The van der Waals surface area contributed by atoms with Gasteiger partial charge in [0.1, 0.15) is 0 Å². The molecule has 1 unspecified atom stereocenters. The van der Waals surface area contributed by atoms with E-state index in [9.17, 15) is 20.0 Å². The number of non-ortho nitro benzene ring substituents is 1. The van der Waals surface area contributed by atoms with Gasteiger partial charge in [-0.2, -0.15) is 0 Å². The highest BCUT2D eigenvalue weighted by Crippen LogP contribution is 2.23. The van der Waals surface area contributed by atoms with Gasteiger partial charge in [0.2, 0.25) is 0 Å². The number of hydrogen-bond acceptors (Lipinski definition) is 7. The van der Waals surface area contributed by atoms with Crippen molar-refractivity contribution in [2.24, 2.45) is 0 Å². The van der Waals surface area contributed by atoms with Crippen molar-refractivity contribution in [3.8, 4) is 0 Å². The standard InChI is InChI=1S/C15H20N4O5/c1-3-18(4-2)9-11(20)8-16-15(21)14-12-6-5-10(19(22)23)7-13(12)24-17-14/h5-7,11,20H,3-4,8-9H2,1-2H3,(H,16,21). The molecule has 0 radical (unpaired) electrons. The number of hydrogen-bond donors (Lipinski definition) is 2. The second kappa shape index (κ2) is 7.84. The molecule has 24 heavy (non-hydrogen) atoms. The fourth-order valence-corrected chi connectivity index (χ4v) is 2.34. The van der Waals surface area contributed by atoms with Crippen molar-refractivity contribution in [1.29, 1.82) is 0 Å². The quantitative estimate of drug-likeness (QED) is 0.548. The number of rotatable bonds is 8. The summed E-state index contributed by atoms with van der Waals surface area (Å²) in [4.78, 5) is 24.4. The van der Waals surface area contributed by atoms with Crippen LogP contribution in [0.1, 0.15) is 24.3 Å². The molecule has 0 saturated heterocycles. The molecule has 9 nitrogen and oxygen atoms in total. The van der Waals surface area contributed by atoms with Gasteiger partial charge < -0.3 is 19.8 Å². The number of fused-ring (bicyclic) bond motifs is 1. The number of aliphatic hydroxyl groups excluding tert-OH is 1. The van der Waals surface area contributed by atoms with E-state index in [1.54, 1.807) is 0 Å². The number of carbonyl (C=O) groups is 1. The van der Waals surface area contributed by atoms with E-state index >= 15 is 0 Å². The number of likely N-dealkylation sites (N-methyl/N-ethyl adjacent to an activating group) is 1. The lowest BCUT2D eigenvalue weighted by atomic mass is 10.2. The summed E-state index contributed by atoms with van der Waals surface area (Å²) < 4.78 is 4.98. The zero-order valence-electron chi connectivity index (χ0n) is 13.6. The van der Waals surface area contributed by atoms with Gasteiger partial charge in [-0.05, 0) is 19.2 Å². The van der Waals surface area contributed by atoms with Gasteiger partial charge >= 0.3 is 0 Å². The Labute approximate surface area is 138 Å². The Morgan fingerprint density at radius 1 is 1.46 bits per heavy atom. The lowest BCUT2D eigenvalue weighted by molar-refractivity contribution is -0.384. The molecule has 0 aliphatic carbocycles. The van der Waals surface area contributed by atoms with E-state index < -0.39 is 16.9 Å². The van der Waals surface area contributed by atoms with Gasteiger partial charge in [-0.1, -0.05) is 19.0 Å². The van der Waals surface area contributed by atoms with Crippen molar-refractivity contribution in [1.82, 2.24) is 15.4 Å². The summed E-state index contributed by atoms with van der Waals surface area (Å²) in [5, 5.41) is 27.3. The molecule has 0 fully saturated rings. The van der Waals surface area contributed by atoms with Crippen LogP contribution in [-0.4, -0.2) is 58.3 Å². The summed E-state index contributed by atoms with van der Waals surface area (Å²) in [6, 6.07) is 3.92. The molecule has 2 aromatic rings. The van der Waals surface area contributed by atoms with E-state index in [2.05, 4.69) is 10.5 Å². The first-order valence-electron chi connectivity index (χ1n) is 7.68. The molecule has 0 aliphatic heterocycles. The molecule has 0 spiro atoms. The van der Waals surface area contributed by atoms with Crippen molar-refractivity contribution in [3.05, 3.63) is 34.0 Å². The van der Waals surface area contributed by atoms with Gasteiger partial charge in [-0.3, -0.25) is 14.9 Å². The lowest BCUT2D eigenvalue weighted by Gasteiger charge is -2.21. The lowest BCUT2D eigenvalue weighted by Crippen LogP contribution is -2.40. The zero-order valence-corrected chi connectivity index (χ0v) is 13.6. The Morgan fingerprint density at radius 3 is 2.79 bits per heavy atom. The first-order valence-corrected chi connectivity index (χ1v) is 7.68. The molecule has 0 aliphatic rings. The summed E-state index contributed by atoms with van der Waals surface area (Å²) in [5.74, 6) is -0.499. The summed E-state index contributed by atoms with van der Waals surface area (Å²) in [6.45, 7) is 6.16. The van der Waals surface area contributed by atoms with Crippen LogP contribution in [-0.2, 0) is 0 Å². The highest BCUT2D eigenvalue weighted by molar-refractivity contribution is 6.04. The first-order chi connectivity index (χ1) is 11.5. The molecule has 2 N–H and O–H groups in total.